The van der Waals surface area contributed by atoms with Crippen LogP contribution in [-0.2, 0) is 4.79 Å². The Kier molecular flexibility index (Phi) is 3.63. The molecule has 0 amide bonds. The lowest BCUT2D eigenvalue weighted by molar-refractivity contribution is -0.143. The van der Waals surface area contributed by atoms with Crippen molar-refractivity contribution in [2.45, 2.75) is 18.9 Å². The third-order valence-electron chi connectivity index (χ3n) is 4.28. The summed E-state index contributed by atoms with van der Waals surface area (Å²) in [6, 6.07) is 9.97. The molecule has 1 fully saturated rings. The minimum Gasteiger partial charge on any atom is -0.481 e. The number of carboxylic acid groups (broad SMARTS) is 1. The van der Waals surface area contributed by atoms with E-state index in [-0.39, 0.29) is 12.0 Å². The maximum atomic E-state index is 11.0. The van der Waals surface area contributed by atoms with Gasteiger partial charge in [-0.1, -0.05) is 18.2 Å². The fraction of sp³-hybridized carbons (Fsp3) is 0.375. The highest BCUT2D eigenvalue weighted by Crippen LogP contribution is 2.31. The standard InChI is InChI=1S/C16H17N3O2/c17-9-15(19-7-5-11(6-8-19)16(20)21)13-10-18-14-4-2-1-3-12(13)14/h1-4,10-11,15,18H,5-8H2,(H,20,21). The predicted octanol–water partition coefficient (Wildman–Crippen LogP) is 2.53. The monoisotopic (exact) mass is 283 g/mol. The van der Waals surface area contributed by atoms with E-state index in [1.807, 2.05) is 30.5 Å². The number of likely N-dealkylation sites (tertiary alicyclic amines) is 1. The number of hydrogen-bond donors (Lipinski definition) is 2. The molecule has 2 heterocycles. The summed E-state index contributed by atoms with van der Waals surface area (Å²) in [6.07, 6.45) is 3.10. The molecule has 3 rings (SSSR count). The quantitative estimate of drug-likeness (QED) is 0.907. The number of para-hydroxylation sites is 1. The fourth-order valence-corrected chi connectivity index (χ4v) is 3.07. The molecule has 1 unspecified atom stereocenters. The molecule has 108 valence electrons. The molecule has 1 aromatic carbocycles. The SMILES string of the molecule is N#CC(c1c[nH]c2ccccc12)N1CCC(C(=O)O)CC1. The van der Waals surface area contributed by atoms with Gasteiger partial charge in [-0.05, 0) is 18.9 Å². The summed E-state index contributed by atoms with van der Waals surface area (Å²) in [7, 11) is 0. The summed E-state index contributed by atoms with van der Waals surface area (Å²) in [6.45, 7) is 1.30. The van der Waals surface area contributed by atoms with Gasteiger partial charge in [0.15, 0.2) is 0 Å². The Balaban J connectivity index is 1.83. The van der Waals surface area contributed by atoms with Crippen molar-refractivity contribution in [2.75, 3.05) is 13.1 Å². The van der Waals surface area contributed by atoms with E-state index in [0.717, 1.165) is 16.5 Å². The summed E-state index contributed by atoms with van der Waals surface area (Å²) >= 11 is 0. The molecular weight excluding hydrogens is 266 g/mol. The van der Waals surface area contributed by atoms with Gasteiger partial charge in [0, 0.05) is 35.8 Å². The Hall–Kier alpha value is -2.32. The number of aliphatic carboxylic acids is 1. The molecule has 1 aromatic heterocycles. The highest BCUT2D eigenvalue weighted by Gasteiger charge is 2.30. The van der Waals surface area contributed by atoms with Gasteiger partial charge in [-0.15, -0.1) is 0 Å². The molecule has 1 atom stereocenters. The van der Waals surface area contributed by atoms with Gasteiger partial charge >= 0.3 is 5.97 Å². The van der Waals surface area contributed by atoms with Crippen LogP contribution in [0.4, 0.5) is 0 Å². The number of aromatic nitrogens is 1. The number of H-pyrrole nitrogens is 1. The number of carboxylic acids is 1. The van der Waals surface area contributed by atoms with Gasteiger partial charge in [-0.2, -0.15) is 5.26 Å². The molecule has 1 aliphatic rings. The lowest BCUT2D eigenvalue weighted by atomic mass is 9.94. The number of benzene rings is 1. The third-order valence-corrected chi connectivity index (χ3v) is 4.28. The van der Waals surface area contributed by atoms with Crippen molar-refractivity contribution >= 4 is 16.9 Å². The van der Waals surface area contributed by atoms with Gasteiger partial charge < -0.3 is 10.1 Å². The molecule has 0 aliphatic carbocycles. The highest BCUT2D eigenvalue weighted by molar-refractivity contribution is 5.84. The molecule has 0 saturated carbocycles. The summed E-state index contributed by atoms with van der Waals surface area (Å²) in [4.78, 5) is 16.3. The van der Waals surface area contributed by atoms with E-state index < -0.39 is 5.97 Å². The molecule has 5 nitrogen and oxygen atoms in total. The normalized spacial score (nSPS) is 18.4. The van der Waals surface area contributed by atoms with Crippen molar-refractivity contribution < 1.29 is 9.90 Å². The second-order valence-electron chi connectivity index (χ2n) is 5.47. The molecule has 2 N–H and O–H groups in total. The molecule has 21 heavy (non-hydrogen) atoms. The van der Waals surface area contributed by atoms with Gasteiger partial charge in [0.2, 0.25) is 0 Å². The van der Waals surface area contributed by atoms with Crippen molar-refractivity contribution in [3.63, 3.8) is 0 Å². The number of aromatic amines is 1. The molecular formula is C16H17N3O2. The van der Waals surface area contributed by atoms with Crippen LogP contribution in [0.25, 0.3) is 10.9 Å². The van der Waals surface area contributed by atoms with E-state index in [1.165, 1.54) is 0 Å². The molecule has 0 spiro atoms. The van der Waals surface area contributed by atoms with Crippen LogP contribution in [0.1, 0.15) is 24.4 Å². The van der Waals surface area contributed by atoms with Crippen LogP contribution < -0.4 is 0 Å². The zero-order valence-electron chi connectivity index (χ0n) is 11.6. The van der Waals surface area contributed by atoms with E-state index >= 15 is 0 Å². The van der Waals surface area contributed by atoms with Crippen LogP contribution in [0.3, 0.4) is 0 Å². The Bertz CT molecular complexity index is 693. The molecule has 0 radical (unpaired) electrons. The Morgan fingerprint density at radius 2 is 2.10 bits per heavy atom. The second-order valence-corrected chi connectivity index (χ2v) is 5.47. The van der Waals surface area contributed by atoms with Gasteiger partial charge in [-0.25, -0.2) is 0 Å². The van der Waals surface area contributed by atoms with E-state index in [2.05, 4.69) is 16.0 Å². The number of fused-ring (bicyclic) bond motifs is 1. The summed E-state index contributed by atoms with van der Waals surface area (Å²) in [5.74, 6) is -1.00. The minimum atomic E-state index is -0.727. The Labute approximate surface area is 122 Å². The van der Waals surface area contributed by atoms with Crippen LogP contribution in [0.2, 0.25) is 0 Å². The fourth-order valence-electron chi connectivity index (χ4n) is 3.07. The topological polar surface area (TPSA) is 80.1 Å². The third kappa shape index (κ3) is 2.50. The van der Waals surface area contributed by atoms with Crippen LogP contribution in [0.15, 0.2) is 30.5 Å². The average molecular weight is 283 g/mol. The summed E-state index contributed by atoms with van der Waals surface area (Å²) < 4.78 is 0. The Morgan fingerprint density at radius 1 is 1.38 bits per heavy atom. The molecule has 2 aromatic rings. The first-order chi connectivity index (χ1) is 10.2. The first-order valence-corrected chi connectivity index (χ1v) is 7.13. The van der Waals surface area contributed by atoms with Gasteiger partial charge in [-0.3, -0.25) is 9.69 Å². The molecule has 5 heteroatoms. The number of nitrogens with zero attached hydrogens (tertiary/aromatic N) is 2. The highest BCUT2D eigenvalue weighted by atomic mass is 16.4. The maximum Gasteiger partial charge on any atom is 0.306 e. The van der Waals surface area contributed by atoms with E-state index in [4.69, 9.17) is 5.11 Å². The van der Waals surface area contributed by atoms with Gasteiger partial charge in [0.1, 0.15) is 6.04 Å². The number of nitrogens with one attached hydrogen (secondary N) is 1. The number of rotatable bonds is 3. The smallest absolute Gasteiger partial charge is 0.306 e. The first kappa shape index (κ1) is 13.7. The van der Waals surface area contributed by atoms with Crippen molar-refractivity contribution in [1.82, 2.24) is 9.88 Å². The van der Waals surface area contributed by atoms with E-state index in [0.29, 0.717) is 25.9 Å². The van der Waals surface area contributed by atoms with Crippen molar-refractivity contribution in [1.29, 1.82) is 5.26 Å². The lowest BCUT2D eigenvalue weighted by Gasteiger charge is -2.33. The molecule has 0 bridgehead atoms. The number of carbonyl (C=O) groups is 1. The van der Waals surface area contributed by atoms with Crippen molar-refractivity contribution in [3.8, 4) is 6.07 Å². The summed E-state index contributed by atoms with van der Waals surface area (Å²) in [5.41, 5.74) is 2.00. The maximum absolute atomic E-state index is 11.0. The summed E-state index contributed by atoms with van der Waals surface area (Å²) in [5, 5.41) is 19.7. The number of piperidine rings is 1. The van der Waals surface area contributed by atoms with Crippen LogP contribution in [0, 0.1) is 17.2 Å². The molecule has 1 saturated heterocycles. The zero-order chi connectivity index (χ0) is 14.8. The minimum absolute atomic E-state index is 0.274. The number of nitriles is 1. The second kappa shape index (κ2) is 5.58. The predicted molar refractivity (Wildman–Crippen MR) is 78.6 cm³/mol. The lowest BCUT2D eigenvalue weighted by Crippen LogP contribution is -2.38. The van der Waals surface area contributed by atoms with Gasteiger partial charge in [0.05, 0.1) is 12.0 Å². The van der Waals surface area contributed by atoms with Crippen LogP contribution in [0.5, 0.6) is 0 Å². The van der Waals surface area contributed by atoms with Crippen molar-refractivity contribution in [3.05, 3.63) is 36.0 Å². The van der Waals surface area contributed by atoms with Crippen LogP contribution >= 0.6 is 0 Å². The van der Waals surface area contributed by atoms with E-state index in [9.17, 15) is 10.1 Å². The largest absolute Gasteiger partial charge is 0.481 e. The number of hydrogen-bond acceptors (Lipinski definition) is 3. The van der Waals surface area contributed by atoms with Crippen molar-refractivity contribution in [2.24, 2.45) is 5.92 Å². The van der Waals surface area contributed by atoms with Crippen LogP contribution in [-0.4, -0.2) is 34.0 Å². The Morgan fingerprint density at radius 3 is 2.76 bits per heavy atom. The average Bonchev–Trinajstić information content (AvgIpc) is 2.93. The zero-order valence-corrected chi connectivity index (χ0v) is 11.6. The van der Waals surface area contributed by atoms with Gasteiger partial charge in [0.25, 0.3) is 0 Å². The molecule has 1 aliphatic heterocycles. The van der Waals surface area contributed by atoms with E-state index in [1.54, 1.807) is 0 Å². The first-order valence-electron chi connectivity index (χ1n) is 7.13.